The summed E-state index contributed by atoms with van der Waals surface area (Å²) in [6.45, 7) is 3.99. The zero-order chi connectivity index (χ0) is 14.3. The van der Waals surface area contributed by atoms with E-state index in [1.54, 1.807) is 0 Å². The van der Waals surface area contributed by atoms with E-state index in [0.29, 0.717) is 24.4 Å². The molecule has 0 aromatic carbocycles. The molecule has 1 N–H and O–H groups in total. The largest absolute Gasteiger partial charge is 0.481 e. The minimum absolute atomic E-state index is 0.300. The van der Waals surface area contributed by atoms with E-state index in [-0.39, 0.29) is 0 Å². The second kappa shape index (κ2) is 5.04. The predicted octanol–water partition coefficient (Wildman–Crippen LogP) is 2.32. The van der Waals surface area contributed by atoms with E-state index in [2.05, 4.69) is 14.9 Å². The van der Waals surface area contributed by atoms with Gasteiger partial charge >= 0.3 is 5.97 Å². The smallest absolute Gasteiger partial charge is 0.303 e. The van der Waals surface area contributed by atoms with Gasteiger partial charge in [-0.2, -0.15) is 0 Å². The number of nitrogens with zero attached hydrogens (tertiary/aromatic N) is 3. The zero-order valence-corrected chi connectivity index (χ0v) is 12.0. The Morgan fingerprint density at radius 3 is 2.30 bits per heavy atom. The maximum Gasteiger partial charge on any atom is 0.303 e. The Morgan fingerprint density at radius 1 is 1.25 bits per heavy atom. The van der Waals surface area contributed by atoms with Crippen LogP contribution in [0.25, 0.3) is 0 Å². The monoisotopic (exact) mass is 275 g/mol. The topological polar surface area (TPSA) is 66.3 Å². The van der Waals surface area contributed by atoms with Crippen molar-refractivity contribution in [3.63, 3.8) is 0 Å². The number of piperidine rings is 1. The molecule has 1 aromatic heterocycles. The summed E-state index contributed by atoms with van der Waals surface area (Å²) in [5.74, 6) is 0.474. The number of carboxylic acid groups (broad SMARTS) is 1. The lowest BCUT2D eigenvalue weighted by Gasteiger charge is -2.38. The van der Waals surface area contributed by atoms with E-state index in [0.717, 1.165) is 43.0 Å². The summed E-state index contributed by atoms with van der Waals surface area (Å²) >= 11 is 0. The van der Waals surface area contributed by atoms with E-state index in [4.69, 9.17) is 5.11 Å². The standard InChI is InChI=1S/C15H21N3O2/c1-9-5-10(2)17-15(16-9)18-12-3-4-13(18)7-11(6-12)8-14(19)20/h5,11-13H,3-4,6-8H2,1-2H3,(H,19,20). The Kier molecular flexibility index (Phi) is 3.36. The highest BCUT2D eigenvalue weighted by molar-refractivity contribution is 5.67. The van der Waals surface area contributed by atoms with Gasteiger partial charge in [-0.3, -0.25) is 4.79 Å². The van der Waals surface area contributed by atoms with Gasteiger partial charge in [0.2, 0.25) is 5.95 Å². The zero-order valence-electron chi connectivity index (χ0n) is 12.0. The number of aromatic nitrogens is 2. The molecule has 5 heteroatoms. The molecule has 3 heterocycles. The molecular weight excluding hydrogens is 254 g/mol. The number of hydrogen-bond donors (Lipinski definition) is 1. The van der Waals surface area contributed by atoms with E-state index >= 15 is 0 Å². The normalized spacial score (nSPS) is 28.7. The van der Waals surface area contributed by atoms with Crippen molar-refractivity contribution in [1.82, 2.24) is 9.97 Å². The van der Waals surface area contributed by atoms with Crippen LogP contribution in [0.15, 0.2) is 6.07 Å². The lowest BCUT2D eigenvalue weighted by atomic mass is 9.88. The van der Waals surface area contributed by atoms with E-state index < -0.39 is 5.97 Å². The Balaban J connectivity index is 1.81. The number of carbonyl (C=O) groups is 1. The maximum atomic E-state index is 10.9. The summed E-state index contributed by atoms with van der Waals surface area (Å²) in [6, 6.07) is 2.82. The Bertz CT molecular complexity index is 498. The average molecular weight is 275 g/mol. The van der Waals surface area contributed by atoms with Crippen LogP contribution in [0.1, 0.15) is 43.5 Å². The van der Waals surface area contributed by atoms with E-state index in [9.17, 15) is 4.79 Å². The molecule has 2 fully saturated rings. The van der Waals surface area contributed by atoms with Crippen LogP contribution in [-0.2, 0) is 4.79 Å². The third-order valence-electron chi connectivity index (χ3n) is 4.50. The molecule has 2 bridgehead atoms. The second-order valence-electron chi connectivity index (χ2n) is 6.18. The fourth-order valence-corrected chi connectivity index (χ4v) is 3.85. The Hall–Kier alpha value is -1.65. The number of carboxylic acids is 1. The van der Waals surface area contributed by atoms with E-state index in [1.165, 1.54) is 0 Å². The SMILES string of the molecule is Cc1cc(C)nc(N2C3CCC2CC(CC(=O)O)C3)n1. The quantitative estimate of drug-likeness (QED) is 0.917. The van der Waals surface area contributed by atoms with Crippen molar-refractivity contribution < 1.29 is 9.90 Å². The highest BCUT2D eigenvalue weighted by Gasteiger charge is 2.42. The molecular formula is C15H21N3O2. The Labute approximate surface area is 119 Å². The fourth-order valence-electron chi connectivity index (χ4n) is 3.85. The molecule has 0 aliphatic carbocycles. The number of fused-ring (bicyclic) bond motifs is 2. The molecule has 108 valence electrons. The van der Waals surface area contributed by atoms with Gasteiger partial charge in [0.1, 0.15) is 0 Å². The first kappa shape index (κ1) is 13.3. The molecule has 5 nitrogen and oxygen atoms in total. The van der Waals surface area contributed by atoms with Crippen LogP contribution >= 0.6 is 0 Å². The molecule has 2 saturated heterocycles. The number of aryl methyl sites for hydroxylation is 2. The van der Waals surface area contributed by atoms with E-state index in [1.807, 2.05) is 19.9 Å². The molecule has 2 aliphatic rings. The van der Waals surface area contributed by atoms with Crippen LogP contribution in [0.3, 0.4) is 0 Å². The highest BCUT2D eigenvalue weighted by Crippen LogP contribution is 2.41. The van der Waals surface area contributed by atoms with Gasteiger partial charge in [0.15, 0.2) is 0 Å². The number of aliphatic carboxylic acids is 1. The first-order valence-corrected chi connectivity index (χ1v) is 7.35. The molecule has 0 spiro atoms. The molecule has 0 saturated carbocycles. The van der Waals surface area contributed by atoms with Crippen LogP contribution in [-0.4, -0.2) is 33.1 Å². The number of hydrogen-bond acceptors (Lipinski definition) is 4. The van der Waals surface area contributed by atoms with Crippen molar-refractivity contribution in [2.24, 2.45) is 5.92 Å². The number of anilines is 1. The van der Waals surface area contributed by atoms with Crippen molar-refractivity contribution in [3.8, 4) is 0 Å². The number of rotatable bonds is 3. The molecule has 3 rings (SSSR count). The summed E-state index contributed by atoms with van der Waals surface area (Å²) < 4.78 is 0. The maximum absolute atomic E-state index is 10.9. The van der Waals surface area contributed by atoms with Gasteiger partial charge in [0.25, 0.3) is 0 Å². The fraction of sp³-hybridized carbons (Fsp3) is 0.667. The van der Waals surface area contributed by atoms with Gasteiger partial charge < -0.3 is 10.0 Å². The van der Waals surface area contributed by atoms with Gasteiger partial charge in [-0.05, 0) is 51.5 Å². The first-order valence-electron chi connectivity index (χ1n) is 7.35. The molecule has 20 heavy (non-hydrogen) atoms. The van der Waals surface area contributed by atoms with Crippen LogP contribution < -0.4 is 4.90 Å². The third kappa shape index (κ3) is 2.49. The summed E-state index contributed by atoms with van der Waals surface area (Å²) in [5, 5.41) is 8.98. The molecule has 2 atom stereocenters. The molecule has 0 amide bonds. The minimum atomic E-state index is -0.675. The highest BCUT2D eigenvalue weighted by atomic mass is 16.4. The molecule has 2 unspecified atom stereocenters. The van der Waals surface area contributed by atoms with Gasteiger partial charge in [0.05, 0.1) is 0 Å². The van der Waals surface area contributed by atoms with Gasteiger partial charge in [0, 0.05) is 29.9 Å². The molecule has 1 aromatic rings. The lowest BCUT2D eigenvalue weighted by molar-refractivity contribution is -0.138. The van der Waals surface area contributed by atoms with Crippen LogP contribution in [0.5, 0.6) is 0 Å². The minimum Gasteiger partial charge on any atom is -0.481 e. The third-order valence-corrected chi connectivity index (χ3v) is 4.50. The second-order valence-corrected chi connectivity index (χ2v) is 6.18. The summed E-state index contributed by atoms with van der Waals surface area (Å²) in [7, 11) is 0. The lowest BCUT2D eigenvalue weighted by Crippen LogP contribution is -2.44. The van der Waals surface area contributed by atoms with Crippen molar-refractivity contribution in [2.45, 2.75) is 58.0 Å². The van der Waals surface area contributed by atoms with Gasteiger partial charge in [-0.1, -0.05) is 0 Å². The van der Waals surface area contributed by atoms with Gasteiger partial charge in [-0.15, -0.1) is 0 Å². The van der Waals surface area contributed by atoms with Crippen molar-refractivity contribution >= 4 is 11.9 Å². The van der Waals surface area contributed by atoms with Gasteiger partial charge in [-0.25, -0.2) is 9.97 Å². The first-order chi connectivity index (χ1) is 9.52. The Morgan fingerprint density at radius 2 is 1.80 bits per heavy atom. The summed E-state index contributed by atoms with van der Waals surface area (Å²) in [6.07, 6.45) is 4.49. The van der Waals surface area contributed by atoms with Crippen LogP contribution in [0, 0.1) is 19.8 Å². The molecule has 2 aliphatic heterocycles. The van der Waals surface area contributed by atoms with Crippen molar-refractivity contribution in [2.75, 3.05) is 4.90 Å². The van der Waals surface area contributed by atoms with Crippen LogP contribution in [0.4, 0.5) is 5.95 Å². The van der Waals surface area contributed by atoms with Crippen molar-refractivity contribution in [1.29, 1.82) is 0 Å². The molecule has 0 radical (unpaired) electrons. The van der Waals surface area contributed by atoms with Crippen LogP contribution in [0.2, 0.25) is 0 Å². The van der Waals surface area contributed by atoms with Crippen molar-refractivity contribution in [3.05, 3.63) is 17.5 Å². The predicted molar refractivity (Wildman–Crippen MR) is 75.8 cm³/mol. The summed E-state index contributed by atoms with van der Waals surface area (Å²) in [5.41, 5.74) is 2.00. The average Bonchev–Trinajstić information content (AvgIpc) is 2.59. The summed E-state index contributed by atoms with van der Waals surface area (Å²) in [4.78, 5) is 22.4.